The van der Waals surface area contributed by atoms with Crippen LogP contribution in [0, 0.1) is 0 Å². The highest BCUT2D eigenvalue weighted by Crippen LogP contribution is 2.40. The molecule has 1 aliphatic carbocycles. The number of nitrogens with one attached hydrogen (secondary N) is 1. The van der Waals surface area contributed by atoms with Crippen LogP contribution in [-0.4, -0.2) is 51.4 Å². The van der Waals surface area contributed by atoms with Crippen molar-refractivity contribution in [1.82, 2.24) is 10.2 Å². The van der Waals surface area contributed by atoms with E-state index < -0.39 is 5.60 Å². The summed E-state index contributed by atoms with van der Waals surface area (Å²) < 4.78 is 6.10. The number of furan rings is 1. The zero-order valence-electron chi connectivity index (χ0n) is 16.5. The maximum atomic E-state index is 13.3. The molecule has 2 heterocycles. The van der Waals surface area contributed by atoms with E-state index in [4.69, 9.17) is 4.42 Å². The van der Waals surface area contributed by atoms with Crippen molar-refractivity contribution in [3.8, 4) is 22.8 Å². The van der Waals surface area contributed by atoms with Gasteiger partial charge >= 0.3 is 0 Å². The van der Waals surface area contributed by atoms with E-state index in [0.717, 1.165) is 19.3 Å². The summed E-state index contributed by atoms with van der Waals surface area (Å²) in [5, 5.41) is 34.1. The first-order valence-corrected chi connectivity index (χ1v) is 10.2. The number of aliphatic hydroxyl groups is 1. The molecular formula is C23H24N2O5. The molecule has 7 nitrogen and oxygen atoms in total. The average molecular weight is 408 g/mol. The normalized spacial score (nSPS) is 17.2. The molecule has 0 spiro atoms. The van der Waals surface area contributed by atoms with Crippen molar-refractivity contribution in [3.63, 3.8) is 0 Å². The molecule has 1 amide bonds. The van der Waals surface area contributed by atoms with Gasteiger partial charge in [0.05, 0.1) is 11.2 Å². The van der Waals surface area contributed by atoms with Crippen molar-refractivity contribution in [2.45, 2.75) is 31.4 Å². The number of fused-ring (bicyclic) bond motifs is 1. The SMILES string of the molecule is O=C(c1c(-c2ccc(O)cc2)oc2ccc(O)c(CNCC3(O)CC3)c12)N1CCC1. The molecule has 4 N–H and O–H groups in total. The van der Waals surface area contributed by atoms with E-state index >= 15 is 0 Å². The second-order valence-corrected chi connectivity index (χ2v) is 8.26. The number of rotatable bonds is 6. The molecule has 0 radical (unpaired) electrons. The van der Waals surface area contributed by atoms with Gasteiger partial charge in [-0.15, -0.1) is 0 Å². The van der Waals surface area contributed by atoms with Gasteiger partial charge in [0.25, 0.3) is 5.91 Å². The first-order chi connectivity index (χ1) is 14.5. The van der Waals surface area contributed by atoms with Gasteiger partial charge in [0.15, 0.2) is 0 Å². The van der Waals surface area contributed by atoms with Crippen LogP contribution in [0.5, 0.6) is 11.5 Å². The lowest BCUT2D eigenvalue weighted by Gasteiger charge is -2.31. The van der Waals surface area contributed by atoms with Gasteiger partial charge in [-0.05, 0) is 55.7 Å². The van der Waals surface area contributed by atoms with Gasteiger partial charge in [0.2, 0.25) is 0 Å². The Morgan fingerprint density at radius 1 is 1.10 bits per heavy atom. The zero-order chi connectivity index (χ0) is 20.9. The molecule has 1 aromatic heterocycles. The number of aromatic hydroxyl groups is 2. The van der Waals surface area contributed by atoms with Crippen LogP contribution in [0.4, 0.5) is 0 Å². The topological polar surface area (TPSA) is 106 Å². The molecule has 2 aliphatic rings. The van der Waals surface area contributed by atoms with Gasteiger partial charge in [0.1, 0.15) is 22.8 Å². The summed E-state index contributed by atoms with van der Waals surface area (Å²) in [6.07, 6.45) is 2.51. The Balaban J connectivity index is 1.63. The van der Waals surface area contributed by atoms with Crippen LogP contribution in [0.2, 0.25) is 0 Å². The van der Waals surface area contributed by atoms with E-state index in [1.54, 1.807) is 41.3 Å². The molecular weight excluding hydrogens is 384 g/mol. The number of likely N-dealkylation sites (tertiary alicyclic amines) is 1. The fourth-order valence-electron chi connectivity index (χ4n) is 3.87. The fraction of sp³-hybridized carbons (Fsp3) is 0.348. The van der Waals surface area contributed by atoms with Crippen LogP contribution in [0.1, 0.15) is 35.2 Å². The number of hydrogen-bond donors (Lipinski definition) is 4. The van der Waals surface area contributed by atoms with E-state index in [1.165, 1.54) is 0 Å². The standard InChI is InChI=1S/C23H24N2O5/c26-15-4-2-14(3-5-15)21-20(22(28)25-10-1-11-25)19-16(12-24-13-23(29)8-9-23)17(27)6-7-18(19)30-21/h2-7,24,26-27,29H,1,8-13H2. The van der Waals surface area contributed by atoms with E-state index in [1.807, 2.05) is 0 Å². The van der Waals surface area contributed by atoms with Gasteiger partial charge in [0, 0.05) is 42.7 Å². The lowest BCUT2D eigenvalue weighted by atomic mass is 9.98. The van der Waals surface area contributed by atoms with Crippen molar-refractivity contribution >= 4 is 16.9 Å². The molecule has 0 bridgehead atoms. The minimum atomic E-state index is -0.659. The molecule has 1 saturated heterocycles. The number of carbonyl (C=O) groups is 1. The number of benzene rings is 2. The lowest BCUT2D eigenvalue weighted by molar-refractivity contribution is 0.0654. The maximum absolute atomic E-state index is 13.3. The fourth-order valence-corrected chi connectivity index (χ4v) is 3.87. The van der Waals surface area contributed by atoms with Gasteiger partial charge in [-0.3, -0.25) is 4.79 Å². The zero-order valence-corrected chi connectivity index (χ0v) is 16.5. The first-order valence-electron chi connectivity index (χ1n) is 10.2. The Morgan fingerprint density at radius 3 is 2.47 bits per heavy atom. The van der Waals surface area contributed by atoms with Crippen molar-refractivity contribution in [1.29, 1.82) is 0 Å². The van der Waals surface area contributed by atoms with E-state index in [-0.39, 0.29) is 17.4 Å². The van der Waals surface area contributed by atoms with Gasteiger partial charge in [-0.2, -0.15) is 0 Å². The third-order valence-electron chi connectivity index (χ3n) is 6.01. The number of phenols is 2. The number of hydrogen-bond acceptors (Lipinski definition) is 6. The molecule has 156 valence electrons. The molecule has 1 saturated carbocycles. The van der Waals surface area contributed by atoms with Crippen LogP contribution in [0.3, 0.4) is 0 Å². The molecule has 0 atom stereocenters. The highest BCUT2D eigenvalue weighted by molar-refractivity contribution is 6.12. The summed E-state index contributed by atoms with van der Waals surface area (Å²) in [6.45, 7) is 2.13. The Kier molecular flexibility index (Phi) is 4.45. The van der Waals surface area contributed by atoms with Gasteiger partial charge < -0.3 is 30.0 Å². The summed E-state index contributed by atoms with van der Waals surface area (Å²) in [5.74, 6) is 0.504. The van der Waals surface area contributed by atoms with Crippen LogP contribution in [0.15, 0.2) is 40.8 Å². The molecule has 3 aromatic rings. The lowest BCUT2D eigenvalue weighted by Crippen LogP contribution is -2.42. The average Bonchev–Trinajstić information content (AvgIpc) is 3.28. The first kappa shape index (κ1) is 19.0. The van der Waals surface area contributed by atoms with Crippen molar-refractivity contribution in [2.75, 3.05) is 19.6 Å². The Labute approximate surface area is 173 Å². The molecule has 5 rings (SSSR count). The number of carbonyl (C=O) groups excluding carboxylic acids is 1. The monoisotopic (exact) mass is 408 g/mol. The summed E-state index contributed by atoms with van der Waals surface area (Å²) >= 11 is 0. The second-order valence-electron chi connectivity index (χ2n) is 8.26. The van der Waals surface area contributed by atoms with Crippen molar-refractivity contribution in [3.05, 3.63) is 47.5 Å². The van der Waals surface area contributed by atoms with Crippen LogP contribution < -0.4 is 5.32 Å². The molecule has 0 unspecified atom stereocenters. The van der Waals surface area contributed by atoms with E-state index in [9.17, 15) is 20.1 Å². The van der Waals surface area contributed by atoms with Crippen LogP contribution >= 0.6 is 0 Å². The minimum absolute atomic E-state index is 0.0773. The maximum Gasteiger partial charge on any atom is 0.258 e. The van der Waals surface area contributed by atoms with Crippen LogP contribution in [-0.2, 0) is 6.54 Å². The second kappa shape index (κ2) is 7.04. The quantitative estimate of drug-likeness (QED) is 0.500. The minimum Gasteiger partial charge on any atom is -0.508 e. The summed E-state index contributed by atoms with van der Waals surface area (Å²) in [4.78, 5) is 15.1. The Bertz CT molecular complexity index is 1110. The third-order valence-corrected chi connectivity index (χ3v) is 6.01. The molecule has 2 fully saturated rings. The highest BCUT2D eigenvalue weighted by Gasteiger charge is 2.39. The Hall–Kier alpha value is -3.03. The largest absolute Gasteiger partial charge is 0.508 e. The molecule has 2 aromatic carbocycles. The third kappa shape index (κ3) is 3.30. The highest BCUT2D eigenvalue weighted by atomic mass is 16.3. The number of phenolic OH excluding ortho intramolecular Hbond substituents is 2. The molecule has 30 heavy (non-hydrogen) atoms. The van der Waals surface area contributed by atoms with Gasteiger partial charge in [-0.25, -0.2) is 0 Å². The molecule has 7 heteroatoms. The van der Waals surface area contributed by atoms with Gasteiger partial charge in [-0.1, -0.05) is 0 Å². The molecule has 1 aliphatic heterocycles. The predicted molar refractivity (Wildman–Crippen MR) is 111 cm³/mol. The van der Waals surface area contributed by atoms with E-state index in [2.05, 4.69) is 5.32 Å². The summed E-state index contributed by atoms with van der Waals surface area (Å²) in [6, 6.07) is 9.75. The number of amides is 1. The summed E-state index contributed by atoms with van der Waals surface area (Å²) in [5.41, 5.74) is 1.54. The van der Waals surface area contributed by atoms with Crippen molar-refractivity contribution < 1.29 is 24.5 Å². The van der Waals surface area contributed by atoms with E-state index in [0.29, 0.717) is 59.6 Å². The number of nitrogens with zero attached hydrogens (tertiary/aromatic N) is 1. The predicted octanol–water partition coefficient (Wildman–Crippen LogP) is 2.97. The van der Waals surface area contributed by atoms with Crippen molar-refractivity contribution in [2.24, 2.45) is 0 Å². The van der Waals surface area contributed by atoms with Crippen LogP contribution in [0.25, 0.3) is 22.3 Å². The summed E-state index contributed by atoms with van der Waals surface area (Å²) in [7, 11) is 0. The smallest absolute Gasteiger partial charge is 0.258 e. The Morgan fingerprint density at radius 2 is 1.83 bits per heavy atom.